The van der Waals surface area contributed by atoms with Crippen LogP contribution in [0, 0.1) is 0 Å². The quantitative estimate of drug-likeness (QED) is 0.534. The summed E-state index contributed by atoms with van der Waals surface area (Å²) in [5, 5.41) is 5.23. The number of rotatable bonds is 6. The van der Waals surface area contributed by atoms with E-state index in [2.05, 4.69) is 32.6 Å². The van der Waals surface area contributed by atoms with Gasteiger partial charge in [-0.05, 0) is 38.1 Å². The Kier molecular flexibility index (Phi) is 4.35. The second-order valence-electron chi connectivity index (χ2n) is 6.11. The van der Waals surface area contributed by atoms with Crippen molar-refractivity contribution in [3.05, 3.63) is 55.4 Å². The zero-order chi connectivity index (χ0) is 17.9. The van der Waals surface area contributed by atoms with E-state index in [1.54, 1.807) is 18.9 Å². The topological polar surface area (TPSA) is 70.7 Å². The zero-order valence-electron chi connectivity index (χ0n) is 14.8. The third kappa shape index (κ3) is 3.15. The van der Waals surface area contributed by atoms with Crippen molar-refractivity contribution in [3.8, 4) is 17.3 Å². The van der Waals surface area contributed by atoms with Gasteiger partial charge in [0.1, 0.15) is 24.1 Å². The van der Waals surface area contributed by atoms with Crippen LogP contribution in [0.4, 0.5) is 0 Å². The Morgan fingerprint density at radius 1 is 1.19 bits per heavy atom. The molecule has 0 bridgehead atoms. The molecular weight excluding hydrogens is 328 g/mol. The zero-order valence-corrected chi connectivity index (χ0v) is 14.8. The van der Waals surface area contributed by atoms with E-state index in [9.17, 15) is 0 Å². The lowest BCUT2D eigenvalue weighted by Gasteiger charge is -2.16. The van der Waals surface area contributed by atoms with Gasteiger partial charge < -0.3 is 9.30 Å². The maximum atomic E-state index is 5.56. The van der Waals surface area contributed by atoms with Crippen LogP contribution in [-0.2, 0) is 6.54 Å². The third-order valence-electron chi connectivity index (χ3n) is 4.26. The summed E-state index contributed by atoms with van der Waals surface area (Å²) in [4.78, 5) is 13.3. The van der Waals surface area contributed by atoms with Crippen LogP contribution in [-0.4, -0.2) is 35.9 Å². The molecule has 0 saturated heterocycles. The highest BCUT2D eigenvalue weighted by molar-refractivity contribution is 5.82. The van der Waals surface area contributed by atoms with Gasteiger partial charge in [0.25, 0.3) is 0 Å². The normalized spacial score (nSPS) is 12.4. The van der Waals surface area contributed by atoms with Gasteiger partial charge in [0.2, 0.25) is 0 Å². The highest BCUT2D eigenvalue weighted by Crippen LogP contribution is 2.25. The number of benzene rings is 1. The standard InChI is InChI=1S/C19H20N6O/c1-3-26-16-5-7-17-15(10-16)4-6-18(23-17)19-21-8-9-25(19)14(2)11-24-13-20-12-22-24/h4-10,12-14H,3,11H2,1-2H3/t14-/m0/s1. The highest BCUT2D eigenvalue weighted by atomic mass is 16.5. The summed E-state index contributed by atoms with van der Waals surface area (Å²) in [6, 6.07) is 10.2. The number of hydrogen-bond donors (Lipinski definition) is 0. The molecule has 1 aromatic carbocycles. The summed E-state index contributed by atoms with van der Waals surface area (Å²) < 4.78 is 9.49. The van der Waals surface area contributed by atoms with Crippen molar-refractivity contribution in [1.82, 2.24) is 29.3 Å². The van der Waals surface area contributed by atoms with E-state index in [0.717, 1.165) is 28.2 Å². The molecule has 3 heterocycles. The fraction of sp³-hybridized carbons (Fsp3) is 0.263. The van der Waals surface area contributed by atoms with Crippen molar-refractivity contribution in [3.63, 3.8) is 0 Å². The highest BCUT2D eigenvalue weighted by Gasteiger charge is 2.14. The van der Waals surface area contributed by atoms with Crippen LogP contribution in [0.25, 0.3) is 22.4 Å². The molecule has 0 aliphatic carbocycles. The SMILES string of the molecule is CCOc1ccc2nc(-c3nccn3[C@@H](C)Cn3cncn3)ccc2c1. The predicted molar refractivity (Wildman–Crippen MR) is 98.9 cm³/mol. The van der Waals surface area contributed by atoms with Crippen LogP contribution in [0.3, 0.4) is 0 Å². The van der Waals surface area contributed by atoms with Gasteiger partial charge in [-0.15, -0.1) is 0 Å². The van der Waals surface area contributed by atoms with Crippen LogP contribution in [0.1, 0.15) is 19.9 Å². The van der Waals surface area contributed by atoms with Crippen molar-refractivity contribution >= 4 is 10.9 Å². The van der Waals surface area contributed by atoms with Crippen LogP contribution in [0.15, 0.2) is 55.4 Å². The van der Waals surface area contributed by atoms with Gasteiger partial charge in [0, 0.05) is 17.8 Å². The van der Waals surface area contributed by atoms with Crippen molar-refractivity contribution in [2.45, 2.75) is 26.4 Å². The molecule has 0 aliphatic heterocycles. The largest absolute Gasteiger partial charge is 0.494 e. The smallest absolute Gasteiger partial charge is 0.158 e. The van der Waals surface area contributed by atoms with Crippen LogP contribution >= 0.6 is 0 Å². The summed E-state index contributed by atoms with van der Waals surface area (Å²) >= 11 is 0. The lowest BCUT2D eigenvalue weighted by atomic mass is 10.2. The Hall–Kier alpha value is -3.22. The molecule has 7 heteroatoms. The van der Waals surface area contributed by atoms with E-state index in [0.29, 0.717) is 13.2 Å². The predicted octanol–water partition coefficient (Wildman–Crippen LogP) is 3.35. The Morgan fingerprint density at radius 3 is 2.92 bits per heavy atom. The van der Waals surface area contributed by atoms with E-state index < -0.39 is 0 Å². The average molecular weight is 348 g/mol. The minimum atomic E-state index is 0.173. The molecule has 0 saturated carbocycles. The Bertz CT molecular complexity index is 1010. The monoisotopic (exact) mass is 348 g/mol. The minimum Gasteiger partial charge on any atom is -0.494 e. The third-order valence-corrected chi connectivity index (χ3v) is 4.26. The summed E-state index contributed by atoms with van der Waals surface area (Å²) in [6.07, 6.45) is 7.04. The maximum absolute atomic E-state index is 5.56. The molecule has 0 amide bonds. The average Bonchev–Trinajstić information content (AvgIpc) is 3.33. The first kappa shape index (κ1) is 16.3. The molecule has 0 aliphatic rings. The molecule has 4 rings (SSSR count). The molecule has 4 aromatic rings. The number of hydrogen-bond acceptors (Lipinski definition) is 5. The van der Waals surface area contributed by atoms with Gasteiger partial charge in [-0.1, -0.05) is 6.07 Å². The second-order valence-corrected chi connectivity index (χ2v) is 6.11. The molecule has 7 nitrogen and oxygen atoms in total. The lowest BCUT2D eigenvalue weighted by molar-refractivity contribution is 0.340. The Morgan fingerprint density at radius 2 is 2.12 bits per heavy atom. The second kappa shape index (κ2) is 6.95. The van der Waals surface area contributed by atoms with Crippen LogP contribution < -0.4 is 4.74 Å². The number of pyridine rings is 1. The lowest BCUT2D eigenvalue weighted by Crippen LogP contribution is -2.14. The maximum Gasteiger partial charge on any atom is 0.158 e. The molecule has 0 spiro atoms. The number of ether oxygens (including phenoxy) is 1. The van der Waals surface area contributed by atoms with Gasteiger partial charge in [-0.25, -0.2) is 15.0 Å². The Balaban J connectivity index is 1.65. The number of fused-ring (bicyclic) bond motifs is 1. The summed E-state index contributed by atoms with van der Waals surface area (Å²) in [6.45, 7) is 5.47. The van der Waals surface area contributed by atoms with E-state index in [1.165, 1.54) is 0 Å². The summed E-state index contributed by atoms with van der Waals surface area (Å²) in [5.74, 6) is 1.70. The molecule has 132 valence electrons. The van der Waals surface area contributed by atoms with Crippen LogP contribution in [0.5, 0.6) is 5.75 Å². The van der Waals surface area contributed by atoms with E-state index in [-0.39, 0.29) is 6.04 Å². The number of aromatic nitrogens is 6. The van der Waals surface area contributed by atoms with Gasteiger partial charge in [0.15, 0.2) is 5.82 Å². The molecule has 1 atom stereocenters. The van der Waals surface area contributed by atoms with Gasteiger partial charge in [0.05, 0.1) is 24.7 Å². The van der Waals surface area contributed by atoms with Crippen LogP contribution in [0.2, 0.25) is 0 Å². The molecule has 0 radical (unpaired) electrons. The molecule has 3 aromatic heterocycles. The first-order valence-corrected chi connectivity index (χ1v) is 8.64. The van der Waals surface area contributed by atoms with Gasteiger partial charge in [-0.2, -0.15) is 5.10 Å². The molecule has 0 N–H and O–H groups in total. The first-order chi connectivity index (χ1) is 12.7. The van der Waals surface area contributed by atoms with Gasteiger partial charge >= 0.3 is 0 Å². The number of imidazole rings is 1. The molecule has 26 heavy (non-hydrogen) atoms. The first-order valence-electron chi connectivity index (χ1n) is 8.64. The Labute approximate surface area is 151 Å². The molecular formula is C19H20N6O. The van der Waals surface area contributed by atoms with Gasteiger partial charge in [-0.3, -0.25) is 4.68 Å². The summed E-state index contributed by atoms with van der Waals surface area (Å²) in [5.41, 5.74) is 1.77. The van der Waals surface area contributed by atoms with Crippen molar-refractivity contribution in [2.24, 2.45) is 0 Å². The fourth-order valence-corrected chi connectivity index (χ4v) is 3.04. The molecule has 0 unspecified atom stereocenters. The van der Waals surface area contributed by atoms with E-state index in [1.807, 2.05) is 42.1 Å². The van der Waals surface area contributed by atoms with E-state index in [4.69, 9.17) is 9.72 Å². The minimum absolute atomic E-state index is 0.173. The van der Waals surface area contributed by atoms with Crippen molar-refractivity contribution in [1.29, 1.82) is 0 Å². The molecule has 0 fully saturated rings. The van der Waals surface area contributed by atoms with Crippen molar-refractivity contribution in [2.75, 3.05) is 6.61 Å². The number of nitrogens with zero attached hydrogens (tertiary/aromatic N) is 6. The van der Waals surface area contributed by atoms with E-state index >= 15 is 0 Å². The van der Waals surface area contributed by atoms with Crippen molar-refractivity contribution < 1.29 is 4.74 Å². The summed E-state index contributed by atoms with van der Waals surface area (Å²) in [7, 11) is 0. The fourth-order valence-electron chi connectivity index (χ4n) is 3.04.